The van der Waals surface area contributed by atoms with E-state index in [4.69, 9.17) is 4.74 Å². The molecule has 2 amide bonds. The highest BCUT2D eigenvalue weighted by atomic mass is 19.4. The van der Waals surface area contributed by atoms with Crippen LogP contribution < -0.4 is 14.5 Å². The van der Waals surface area contributed by atoms with E-state index in [1.807, 2.05) is 24.3 Å². The lowest BCUT2D eigenvalue weighted by atomic mass is 9.82. The Kier molecular flexibility index (Phi) is 6.68. The molecular formula is C27H31F3N4O3. The van der Waals surface area contributed by atoms with E-state index in [0.29, 0.717) is 51.4 Å². The van der Waals surface area contributed by atoms with Crippen molar-refractivity contribution in [2.24, 2.45) is 5.92 Å². The molecule has 0 unspecified atom stereocenters. The number of benzene rings is 2. The van der Waals surface area contributed by atoms with Crippen molar-refractivity contribution < 1.29 is 27.5 Å². The zero-order valence-electron chi connectivity index (χ0n) is 21.0. The van der Waals surface area contributed by atoms with Gasteiger partial charge < -0.3 is 24.3 Å². The number of amides is 2. The van der Waals surface area contributed by atoms with E-state index in [-0.39, 0.29) is 24.3 Å². The summed E-state index contributed by atoms with van der Waals surface area (Å²) >= 11 is 0. The van der Waals surface area contributed by atoms with Gasteiger partial charge in [-0.1, -0.05) is 12.1 Å². The summed E-state index contributed by atoms with van der Waals surface area (Å²) in [5.74, 6) is 0.148. The monoisotopic (exact) mass is 516 g/mol. The van der Waals surface area contributed by atoms with Crippen LogP contribution >= 0.6 is 0 Å². The van der Waals surface area contributed by atoms with Crippen molar-refractivity contribution in [3.05, 3.63) is 53.6 Å². The average Bonchev–Trinajstić information content (AvgIpc) is 2.91. The Labute approximate surface area is 214 Å². The van der Waals surface area contributed by atoms with Crippen molar-refractivity contribution >= 4 is 23.2 Å². The lowest BCUT2D eigenvalue weighted by molar-refractivity contribution is -0.142. The highest BCUT2D eigenvalue weighted by molar-refractivity contribution is 5.83. The van der Waals surface area contributed by atoms with Crippen LogP contribution in [0.25, 0.3) is 0 Å². The molecule has 0 aromatic heterocycles. The molecule has 0 aliphatic carbocycles. The lowest BCUT2D eigenvalue weighted by Gasteiger charge is -2.51. The molecule has 2 atom stereocenters. The SMILES string of the molecule is COc1ccccc1N1CCN2c3ccc(C(F)(F)F)cc3C[C@@H](C(=O)N3CCN(C(C)=O)CC3)[C@H]2C1. The van der Waals surface area contributed by atoms with Crippen LogP contribution in [0.2, 0.25) is 0 Å². The molecule has 2 saturated heterocycles. The quantitative estimate of drug-likeness (QED) is 0.627. The van der Waals surface area contributed by atoms with Gasteiger partial charge in [0.25, 0.3) is 0 Å². The molecule has 3 heterocycles. The number of methoxy groups -OCH3 is 1. The second kappa shape index (κ2) is 9.79. The molecule has 198 valence electrons. The van der Waals surface area contributed by atoms with Crippen molar-refractivity contribution in [2.45, 2.75) is 25.6 Å². The normalized spacial score (nSPS) is 21.9. The molecule has 3 aliphatic rings. The zero-order valence-corrected chi connectivity index (χ0v) is 21.0. The number of nitrogens with zero attached hydrogens (tertiary/aromatic N) is 4. The van der Waals surface area contributed by atoms with E-state index >= 15 is 0 Å². The Balaban J connectivity index is 1.47. The van der Waals surface area contributed by atoms with Gasteiger partial charge in [-0.2, -0.15) is 13.2 Å². The minimum atomic E-state index is -4.45. The van der Waals surface area contributed by atoms with Crippen molar-refractivity contribution in [3.63, 3.8) is 0 Å². The average molecular weight is 517 g/mol. The summed E-state index contributed by atoms with van der Waals surface area (Å²) in [7, 11) is 1.62. The fraction of sp³-hybridized carbons (Fsp3) is 0.481. The van der Waals surface area contributed by atoms with Gasteiger partial charge in [-0.05, 0) is 42.3 Å². The third-order valence-corrected chi connectivity index (χ3v) is 7.82. The summed E-state index contributed by atoms with van der Waals surface area (Å²) < 4.78 is 46.1. The smallest absolute Gasteiger partial charge is 0.416 e. The Morgan fingerprint density at radius 1 is 0.919 bits per heavy atom. The first-order valence-electron chi connectivity index (χ1n) is 12.6. The number of anilines is 2. The minimum Gasteiger partial charge on any atom is -0.495 e. The molecule has 2 aromatic carbocycles. The molecule has 37 heavy (non-hydrogen) atoms. The van der Waals surface area contributed by atoms with Crippen LogP contribution in [0.4, 0.5) is 24.5 Å². The standard InChI is InChI=1S/C27H31F3N4O3/c1-18(35)31-9-11-32(12-10-31)26(36)21-16-19-15-20(27(28,29)30)7-8-22(19)34-14-13-33(17-24(21)34)23-5-3-4-6-25(23)37-2/h3-8,15,21,24H,9-14,16-17H2,1-2H3/t21-,24-/m1/s1. The van der Waals surface area contributed by atoms with Gasteiger partial charge in [-0.15, -0.1) is 0 Å². The van der Waals surface area contributed by atoms with Crippen LogP contribution in [0, 0.1) is 5.92 Å². The second-order valence-electron chi connectivity index (χ2n) is 9.86. The van der Waals surface area contributed by atoms with Crippen LogP contribution in [0.3, 0.4) is 0 Å². The molecular weight excluding hydrogens is 485 g/mol. The number of ether oxygens (including phenoxy) is 1. The van der Waals surface area contributed by atoms with Gasteiger partial charge >= 0.3 is 6.18 Å². The van der Waals surface area contributed by atoms with E-state index in [9.17, 15) is 22.8 Å². The largest absolute Gasteiger partial charge is 0.495 e. The first-order chi connectivity index (χ1) is 17.7. The highest BCUT2D eigenvalue weighted by Crippen LogP contribution is 2.41. The number of piperazine rings is 2. The lowest BCUT2D eigenvalue weighted by Crippen LogP contribution is -2.62. The number of rotatable bonds is 3. The second-order valence-corrected chi connectivity index (χ2v) is 9.86. The Morgan fingerprint density at radius 3 is 2.30 bits per heavy atom. The number of carbonyl (C=O) groups excluding carboxylic acids is 2. The summed E-state index contributed by atoms with van der Waals surface area (Å²) in [5.41, 5.74) is 1.56. The molecule has 0 saturated carbocycles. The molecule has 10 heteroatoms. The van der Waals surface area contributed by atoms with Crippen molar-refractivity contribution in [2.75, 3.05) is 62.7 Å². The molecule has 0 spiro atoms. The van der Waals surface area contributed by atoms with Gasteiger partial charge in [0.05, 0.1) is 30.3 Å². The first-order valence-corrected chi connectivity index (χ1v) is 12.6. The number of halogens is 3. The van der Waals surface area contributed by atoms with E-state index in [1.54, 1.807) is 23.0 Å². The van der Waals surface area contributed by atoms with Crippen LogP contribution in [0.1, 0.15) is 18.1 Å². The first kappa shape index (κ1) is 25.2. The Morgan fingerprint density at radius 2 is 1.62 bits per heavy atom. The van der Waals surface area contributed by atoms with E-state index in [0.717, 1.165) is 23.2 Å². The third kappa shape index (κ3) is 4.81. The number of hydrogen-bond donors (Lipinski definition) is 0. The maximum Gasteiger partial charge on any atom is 0.416 e. The maximum absolute atomic E-state index is 13.9. The number of fused-ring (bicyclic) bond motifs is 3. The predicted molar refractivity (Wildman–Crippen MR) is 134 cm³/mol. The Bertz CT molecular complexity index is 1180. The summed E-state index contributed by atoms with van der Waals surface area (Å²) in [4.78, 5) is 33.4. The predicted octanol–water partition coefficient (Wildman–Crippen LogP) is 3.27. The van der Waals surface area contributed by atoms with Gasteiger partial charge in [0.1, 0.15) is 5.75 Å². The van der Waals surface area contributed by atoms with Crippen molar-refractivity contribution in [1.82, 2.24) is 9.80 Å². The summed E-state index contributed by atoms with van der Waals surface area (Å²) in [6.07, 6.45) is -4.21. The molecule has 2 aromatic rings. The third-order valence-electron chi connectivity index (χ3n) is 7.82. The molecule has 0 N–H and O–H groups in total. The molecule has 2 fully saturated rings. The fourth-order valence-electron chi connectivity index (χ4n) is 5.87. The zero-order chi connectivity index (χ0) is 26.3. The van der Waals surface area contributed by atoms with Gasteiger partial charge in [-0.3, -0.25) is 9.59 Å². The van der Waals surface area contributed by atoms with Crippen LogP contribution in [0.5, 0.6) is 5.75 Å². The summed E-state index contributed by atoms with van der Waals surface area (Å²) in [6.45, 7) is 5.05. The topological polar surface area (TPSA) is 56.3 Å². The minimum absolute atomic E-state index is 0.0238. The van der Waals surface area contributed by atoms with Crippen molar-refractivity contribution in [1.29, 1.82) is 0 Å². The van der Waals surface area contributed by atoms with Gasteiger partial charge in [0.15, 0.2) is 0 Å². The van der Waals surface area contributed by atoms with E-state index < -0.39 is 17.7 Å². The van der Waals surface area contributed by atoms with Crippen LogP contribution in [0.15, 0.2) is 42.5 Å². The number of carbonyl (C=O) groups is 2. The summed E-state index contributed by atoms with van der Waals surface area (Å²) in [6, 6.07) is 11.4. The Hall–Kier alpha value is -3.43. The van der Waals surface area contributed by atoms with Gasteiger partial charge in [-0.25, -0.2) is 0 Å². The van der Waals surface area contributed by atoms with E-state index in [2.05, 4.69) is 9.80 Å². The molecule has 5 rings (SSSR count). The molecule has 7 nitrogen and oxygen atoms in total. The summed E-state index contributed by atoms with van der Waals surface area (Å²) in [5, 5.41) is 0. The van der Waals surface area contributed by atoms with Crippen LogP contribution in [-0.2, 0) is 22.2 Å². The van der Waals surface area contributed by atoms with Crippen LogP contribution in [-0.4, -0.2) is 80.6 Å². The number of alkyl halides is 3. The fourth-order valence-corrected chi connectivity index (χ4v) is 5.87. The number of hydrogen-bond acceptors (Lipinski definition) is 5. The molecule has 0 bridgehead atoms. The molecule has 3 aliphatic heterocycles. The van der Waals surface area contributed by atoms with E-state index in [1.165, 1.54) is 13.0 Å². The maximum atomic E-state index is 13.9. The molecule has 0 radical (unpaired) electrons. The van der Waals surface area contributed by atoms with Crippen molar-refractivity contribution in [3.8, 4) is 5.75 Å². The van der Waals surface area contributed by atoms with Gasteiger partial charge in [0.2, 0.25) is 11.8 Å². The highest BCUT2D eigenvalue weighted by Gasteiger charge is 2.44. The number of para-hydroxylation sites is 2. The van der Waals surface area contributed by atoms with Gasteiger partial charge in [0, 0.05) is 58.4 Å².